The Morgan fingerprint density at radius 3 is 2.41 bits per heavy atom. The first kappa shape index (κ1) is 13.8. The van der Waals surface area contributed by atoms with E-state index < -0.39 is 0 Å². The SMILES string of the molecule is N#Cc1ccc(-c2cc(-c3cccs3)c(C#N)c(N)n2)cc1. The summed E-state index contributed by atoms with van der Waals surface area (Å²) in [6.45, 7) is 0. The largest absolute Gasteiger partial charge is 0.383 e. The second-order valence-electron chi connectivity index (χ2n) is 4.59. The first-order valence-electron chi connectivity index (χ1n) is 6.48. The third kappa shape index (κ3) is 2.42. The Labute approximate surface area is 131 Å². The second kappa shape index (κ2) is 5.69. The minimum Gasteiger partial charge on any atom is -0.383 e. The van der Waals surface area contributed by atoms with Crippen LogP contribution in [0.2, 0.25) is 0 Å². The topological polar surface area (TPSA) is 86.5 Å². The number of aromatic nitrogens is 1. The summed E-state index contributed by atoms with van der Waals surface area (Å²) in [7, 11) is 0. The highest BCUT2D eigenvalue weighted by molar-refractivity contribution is 7.13. The maximum Gasteiger partial charge on any atom is 0.142 e. The minimum atomic E-state index is 0.216. The van der Waals surface area contributed by atoms with Gasteiger partial charge in [0.1, 0.15) is 17.5 Å². The molecule has 0 bridgehead atoms. The molecule has 0 aliphatic heterocycles. The van der Waals surface area contributed by atoms with Crippen LogP contribution in [0.1, 0.15) is 11.1 Å². The molecule has 0 atom stereocenters. The van der Waals surface area contributed by atoms with Crippen LogP contribution < -0.4 is 5.73 Å². The zero-order valence-electron chi connectivity index (χ0n) is 11.4. The van der Waals surface area contributed by atoms with Crippen molar-refractivity contribution >= 4 is 17.2 Å². The molecule has 0 saturated carbocycles. The van der Waals surface area contributed by atoms with Gasteiger partial charge in [-0.15, -0.1) is 11.3 Å². The maximum absolute atomic E-state index is 9.33. The molecule has 0 aliphatic rings. The van der Waals surface area contributed by atoms with Gasteiger partial charge in [0.25, 0.3) is 0 Å². The van der Waals surface area contributed by atoms with Crippen molar-refractivity contribution in [3.8, 4) is 33.8 Å². The molecule has 104 valence electrons. The van der Waals surface area contributed by atoms with E-state index in [1.807, 2.05) is 35.7 Å². The summed E-state index contributed by atoms with van der Waals surface area (Å²) >= 11 is 1.55. The Balaban J connectivity index is 2.18. The van der Waals surface area contributed by atoms with E-state index in [0.717, 1.165) is 16.0 Å². The van der Waals surface area contributed by atoms with Crippen molar-refractivity contribution in [2.45, 2.75) is 0 Å². The average molecular weight is 302 g/mol. The Morgan fingerprint density at radius 2 is 1.82 bits per heavy atom. The molecule has 0 radical (unpaired) electrons. The molecule has 3 aromatic rings. The van der Waals surface area contributed by atoms with Gasteiger partial charge in [0, 0.05) is 16.0 Å². The van der Waals surface area contributed by atoms with Crippen molar-refractivity contribution in [2.24, 2.45) is 0 Å². The number of nitriles is 2. The lowest BCUT2D eigenvalue weighted by molar-refractivity contribution is 1.31. The number of thiophene rings is 1. The van der Waals surface area contributed by atoms with Crippen molar-refractivity contribution in [3.05, 3.63) is 59.0 Å². The number of benzene rings is 1. The molecule has 0 saturated heterocycles. The second-order valence-corrected chi connectivity index (χ2v) is 5.54. The van der Waals surface area contributed by atoms with Crippen LogP contribution in [0.4, 0.5) is 5.82 Å². The molecule has 3 rings (SSSR count). The molecule has 5 heteroatoms. The number of anilines is 1. The minimum absolute atomic E-state index is 0.216. The highest BCUT2D eigenvalue weighted by Crippen LogP contribution is 2.33. The van der Waals surface area contributed by atoms with Crippen LogP contribution >= 0.6 is 11.3 Å². The van der Waals surface area contributed by atoms with Crippen LogP contribution in [0.25, 0.3) is 21.7 Å². The third-order valence-electron chi connectivity index (χ3n) is 3.26. The lowest BCUT2D eigenvalue weighted by Gasteiger charge is -2.08. The first-order valence-corrected chi connectivity index (χ1v) is 7.36. The molecule has 4 nitrogen and oxygen atoms in total. The van der Waals surface area contributed by atoms with E-state index in [9.17, 15) is 5.26 Å². The van der Waals surface area contributed by atoms with E-state index in [2.05, 4.69) is 17.1 Å². The van der Waals surface area contributed by atoms with Gasteiger partial charge < -0.3 is 5.73 Å². The highest BCUT2D eigenvalue weighted by atomic mass is 32.1. The molecule has 2 aromatic heterocycles. The van der Waals surface area contributed by atoms with Crippen molar-refractivity contribution in [1.82, 2.24) is 4.98 Å². The van der Waals surface area contributed by atoms with Crippen LogP contribution in [0.3, 0.4) is 0 Å². The lowest BCUT2D eigenvalue weighted by Crippen LogP contribution is -1.99. The van der Waals surface area contributed by atoms with Gasteiger partial charge in [-0.25, -0.2) is 4.98 Å². The summed E-state index contributed by atoms with van der Waals surface area (Å²) in [5.41, 5.74) is 9.25. The van der Waals surface area contributed by atoms with E-state index >= 15 is 0 Å². The molecule has 2 heterocycles. The number of nitrogen functional groups attached to an aromatic ring is 1. The Bertz CT molecular complexity index is 898. The zero-order chi connectivity index (χ0) is 15.5. The fourth-order valence-electron chi connectivity index (χ4n) is 2.17. The monoisotopic (exact) mass is 302 g/mol. The highest BCUT2D eigenvalue weighted by Gasteiger charge is 2.14. The Hall–Kier alpha value is -3.15. The number of pyridine rings is 1. The predicted molar refractivity (Wildman–Crippen MR) is 86.8 cm³/mol. The van der Waals surface area contributed by atoms with Gasteiger partial charge >= 0.3 is 0 Å². The molecular formula is C17H10N4S. The van der Waals surface area contributed by atoms with Crippen LogP contribution in [-0.2, 0) is 0 Å². The Kier molecular flexibility index (Phi) is 3.57. The van der Waals surface area contributed by atoms with Crippen molar-refractivity contribution in [2.75, 3.05) is 5.73 Å². The summed E-state index contributed by atoms with van der Waals surface area (Å²) in [4.78, 5) is 5.29. The molecule has 0 fully saturated rings. The van der Waals surface area contributed by atoms with Gasteiger partial charge in [0.15, 0.2) is 0 Å². The number of hydrogen-bond donors (Lipinski definition) is 1. The number of hydrogen-bond acceptors (Lipinski definition) is 5. The number of rotatable bonds is 2. The standard InChI is InChI=1S/C17H10N4S/c18-9-11-3-5-12(6-4-11)15-8-13(16-2-1-7-22-16)14(10-19)17(20)21-15/h1-8H,(H2,20,21). The molecule has 0 unspecified atom stereocenters. The molecule has 0 amide bonds. The maximum atomic E-state index is 9.33. The molecule has 0 spiro atoms. The normalized spacial score (nSPS) is 9.91. The summed E-state index contributed by atoms with van der Waals surface area (Å²) in [6, 6.07) is 17.1. The molecule has 0 aliphatic carbocycles. The fraction of sp³-hybridized carbons (Fsp3) is 0. The number of nitrogens with two attached hydrogens (primary N) is 1. The van der Waals surface area contributed by atoms with Crippen molar-refractivity contribution in [1.29, 1.82) is 10.5 Å². The van der Waals surface area contributed by atoms with Crippen LogP contribution in [0.5, 0.6) is 0 Å². The Morgan fingerprint density at radius 1 is 1.05 bits per heavy atom. The molecule has 1 aromatic carbocycles. The van der Waals surface area contributed by atoms with E-state index in [1.54, 1.807) is 23.5 Å². The zero-order valence-corrected chi connectivity index (χ0v) is 12.3. The smallest absolute Gasteiger partial charge is 0.142 e. The number of nitrogens with zero attached hydrogens (tertiary/aromatic N) is 3. The van der Waals surface area contributed by atoms with Gasteiger partial charge in [0.2, 0.25) is 0 Å². The predicted octanol–water partition coefficient (Wildman–Crippen LogP) is 3.80. The fourth-order valence-corrected chi connectivity index (χ4v) is 2.92. The van der Waals surface area contributed by atoms with Gasteiger partial charge in [-0.3, -0.25) is 0 Å². The first-order chi connectivity index (χ1) is 10.7. The van der Waals surface area contributed by atoms with Crippen molar-refractivity contribution in [3.63, 3.8) is 0 Å². The van der Waals surface area contributed by atoms with Gasteiger partial charge in [-0.1, -0.05) is 18.2 Å². The van der Waals surface area contributed by atoms with Crippen LogP contribution in [0.15, 0.2) is 47.8 Å². The van der Waals surface area contributed by atoms with Gasteiger partial charge in [0.05, 0.1) is 17.3 Å². The van der Waals surface area contributed by atoms with E-state index in [1.165, 1.54) is 0 Å². The van der Waals surface area contributed by atoms with E-state index in [0.29, 0.717) is 16.8 Å². The summed E-state index contributed by atoms with van der Waals surface area (Å²) in [6.07, 6.45) is 0. The van der Waals surface area contributed by atoms with Gasteiger partial charge in [-0.2, -0.15) is 10.5 Å². The summed E-state index contributed by atoms with van der Waals surface area (Å²) in [5, 5.41) is 20.1. The summed E-state index contributed by atoms with van der Waals surface area (Å²) < 4.78 is 0. The lowest BCUT2D eigenvalue weighted by atomic mass is 10.0. The quantitative estimate of drug-likeness (QED) is 0.780. The van der Waals surface area contributed by atoms with Crippen molar-refractivity contribution < 1.29 is 0 Å². The van der Waals surface area contributed by atoms with Crippen LogP contribution in [-0.4, -0.2) is 4.98 Å². The molecule has 2 N–H and O–H groups in total. The molecule has 22 heavy (non-hydrogen) atoms. The molecular weight excluding hydrogens is 292 g/mol. The van der Waals surface area contributed by atoms with Gasteiger partial charge in [-0.05, 0) is 29.6 Å². The average Bonchev–Trinajstić information content (AvgIpc) is 3.08. The van der Waals surface area contributed by atoms with E-state index in [-0.39, 0.29) is 5.82 Å². The van der Waals surface area contributed by atoms with E-state index in [4.69, 9.17) is 11.0 Å². The summed E-state index contributed by atoms with van der Waals surface area (Å²) in [5.74, 6) is 0.216. The third-order valence-corrected chi connectivity index (χ3v) is 4.16. The van der Waals surface area contributed by atoms with Crippen LogP contribution in [0, 0.1) is 22.7 Å².